The molecular formula is C12H8Cl3NO4. The van der Waals surface area contributed by atoms with Gasteiger partial charge in [-0.2, -0.15) is 0 Å². The second-order valence-electron chi connectivity index (χ2n) is 4.03. The number of hydrogen-bond acceptors (Lipinski definition) is 4. The lowest BCUT2D eigenvalue weighted by molar-refractivity contribution is -0.150. The van der Waals surface area contributed by atoms with Gasteiger partial charge in [0.15, 0.2) is 0 Å². The van der Waals surface area contributed by atoms with Crippen LogP contribution in [0.25, 0.3) is 0 Å². The second kappa shape index (κ2) is 5.60. The molecule has 1 aromatic rings. The van der Waals surface area contributed by atoms with E-state index in [9.17, 15) is 14.4 Å². The van der Waals surface area contributed by atoms with Gasteiger partial charge >= 0.3 is 11.9 Å². The summed E-state index contributed by atoms with van der Waals surface area (Å²) in [5.74, 6) is -3.03. The quantitative estimate of drug-likeness (QED) is 0.470. The molecule has 2 rings (SSSR count). The maximum absolute atomic E-state index is 12.1. The summed E-state index contributed by atoms with van der Waals surface area (Å²) in [5, 5.41) is 0. The Morgan fingerprint density at radius 3 is 2.35 bits per heavy atom. The highest BCUT2D eigenvalue weighted by molar-refractivity contribution is 6.68. The van der Waals surface area contributed by atoms with Crippen molar-refractivity contribution in [2.45, 2.75) is 16.4 Å². The van der Waals surface area contributed by atoms with Crippen LogP contribution in [0, 0.1) is 0 Å². The Balaban J connectivity index is 2.22. The van der Waals surface area contributed by atoms with Crippen molar-refractivity contribution >= 4 is 52.6 Å². The van der Waals surface area contributed by atoms with E-state index >= 15 is 0 Å². The third-order valence-corrected chi connectivity index (χ3v) is 3.15. The second-order valence-corrected chi connectivity index (χ2v) is 6.40. The topological polar surface area (TPSA) is 63.7 Å². The van der Waals surface area contributed by atoms with Crippen molar-refractivity contribution in [2.24, 2.45) is 0 Å². The largest absolute Gasteiger partial charge is 0.429 e. The molecule has 0 bridgehead atoms. The third-order valence-electron chi connectivity index (χ3n) is 2.59. The molecule has 0 radical (unpaired) electrons. The Morgan fingerprint density at radius 1 is 1.20 bits per heavy atom. The Hall–Kier alpha value is -1.30. The van der Waals surface area contributed by atoms with E-state index in [1.807, 2.05) is 0 Å². The first-order valence-corrected chi connectivity index (χ1v) is 6.61. The summed E-state index contributed by atoms with van der Waals surface area (Å²) in [4.78, 5) is 35.6. The van der Waals surface area contributed by atoms with Crippen LogP contribution in [-0.4, -0.2) is 32.7 Å². The van der Waals surface area contributed by atoms with Gasteiger partial charge in [-0.05, 0) is 5.56 Å². The number of halogens is 3. The van der Waals surface area contributed by atoms with Crippen molar-refractivity contribution in [3.63, 3.8) is 0 Å². The average Bonchev–Trinajstić information content (AvgIpc) is 2.67. The monoisotopic (exact) mass is 335 g/mol. The molecule has 1 aliphatic heterocycles. The molecule has 20 heavy (non-hydrogen) atoms. The number of nitrogens with zero attached hydrogens (tertiary/aromatic N) is 1. The Morgan fingerprint density at radius 2 is 1.80 bits per heavy atom. The van der Waals surface area contributed by atoms with Crippen molar-refractivity contribution in [3.8, 4) is 0 Å². The summed E-state index contributed by atoms with van der Waals surface area (Å²) in [6, 6.07) is 8.66. The molecule has 0 saturated carbocycles. The zero-order chi connectivity index (χ0) is 14.9. The molecule has 0 aliphatic carbocycles. The molecule has 1 saturated heterocycles. The molecule has 1 aliphatic rings. The summed E-state index contributed by atoms with van der Waals surface area (Å²) < 4.78 is 2.53. The van der Waals surface area contributed by atoms with Crippen LogP contribution in [0.2, 0.25) is 0 Å². The van der Waals surface area contributed by atoms with Crippen LogP contribution in [-0.2, 0) is 25.5 Å². The van der Waals surface area contributed by atoms with Crippen molar-refractivity contribution in [3.05, 3.63) is 35.9 Å². The van der Waals surface area contributed by atoms with Gasteiger partial charge in [0.25, 0.3) is 0 Å². The van der Waals surface area contributed by atoms with Gasteiger partial charge in [-0.3, -0.25) is 9.59 Å². The normalized spacial score (nSPS) is 19.1. The van der Waals surface area contributed by atoms with Crippen LogP contribution < -0.4 is 0 Å². The van der Waals surface area contributed by atoms with E-state index in [4.69, 9.17) is 34.8 Å². The zero-order valence-electron chi connectivity index (χ0n) is 9.89. The van der Waals surface area contributed by atoms with Gasteiger partial charge in [0.1, 0.15) is 0 Å². The van der Waals surface area contributed by atoms with E-state index in [0.29, 0.717) is 10.5 Å². The number of esters is 1. The van der Waals surface area contributed by atoms with Crippen LogP contribution in [0.4, 0.5) is 0 Å². The molecule has 1 unspecified atom stereocenters. The number of carbonyl (C=O) groups excluding carboxylic acids is 3. The van der Waals surface area contributed by atoms with Gasteiger partial charge in [-0.25, -0.2) is 9.69 Å². The van der Waals surface area contributed by atoms with Crippen molar-refractivity contribution in [1.29, 1.82) is 0 Å². The minimum absolute atomic E-state index is 0.111. The molecular weight excluding hydrogens is 328 g/mol. The summed E-state index contributed by atoms with van der Waals surface area (Å²) in [7, 11) is 0. The van der Waals surface area contributed by atoms with E-state index in [1.165, 1.54) is 0 Å². The van der Waals surface area contributed by atoms with Gasteiger partial charge in [0.2, 0.25) is 15.9 Å². The number of benzene rings is 1. The minimum Gasteiger partial charge on any atom is -0.429 e. The molecule has 1 fully saturated rings. The van der Waals surface area contributed by atoms with Gasteiger partial charge in [-0.1, -0.05) is 65.1 Å². The molecule has 106 valence electrons. The fraction of sp³-hybridized carbons (Fsp3) is 0.250. The number of carbonyl (C=O) groups is 3. The fourth-order valence-electron chi connectivity index (χ4n) is 1.72. The first-order chi connectivity index (χ1) is 9.30. The van der Waals surface area contributed by atoms with Gasteiger partial charge in [-0.15, -0.1) is 0 Å². The highest BCUT2D eigenvalue weighted by Gasteiger charge is 2.53. The van der Waals surface area contributed by atoms with E-state index in [0.717, 1.165) is 0 Å². The molecule has 0 aromatic heterocycles. The lowest BCUT2D eigenvalue weighted by Crippen LogP contribution is -2.46. The predicted molar refractivity (Wildman–Crippen MR) is 72.2 cm³/mol. The van der Waals surface area contributed by atoms with Gasteiger partial charge in [0.05, 0.1) is 6.42 Å². The van der Waals surface area contributed by atoms with Crippen LogP contribution in [0.15, 0.2) is 30.3 Å². The number of ether oxygens (including phenoxy) is 1. The fourth-order valence-corrected chi connectivity index (χ4v) is 2.15. The molecule has 1 heterocycles. The maximum atomic E-state index is 12.1. The molecule has 0 N–H and O–H groups in total. The Labute approximate surface area is 129 Å². The number of rotatable bonds is 2. The highest BCUT2D eigenvalue weighted by Crippen LogP contribution is 2.37. The van der Waals surface area contributed by atoms with Crippen LogP contribution in [0.3, 0.4) is 0 Å². The SMILES string of the molecule is O=C1OC(C(Cl)(Cl)Cl)N(C(=O)Cc2ccccc2)C1=O. The number of amides is 2. The Kier molecular flexibility index (Phi) is 4.22. The van der Waals surface area contributed by atoms with Crippen molar-refractivity contribution in [2.75, 3.05) is 0 Å². The van der Waals surface area contributed by atoms with Crippen LogP contribution in [0.1, 0.15) is 5.56 Å². The molecule has 8 heteroatoms. The summed E-state index contributed by atoms with van der Waals surface area (Å²) in [5.41, 5.74) is 0.660. The van der Waals surface area contributed by atoms with Gasteiger partial charge < -0.3 is 4.74 Å². The first kappa shape index (κ1) is 15.1. The van der Waals surface area contributed by atoms with E-state index in [1.54, 1.807) is 30.3 Å². The van der Waals surface area contributed by atoms with Crippen molar-refractivity contribution < 1.29 is 19.1 Å². The summed E-state index contributed by atoms with van der Waals surface area (Å²) in [6.07, 6.45) is -1.66. The van der Waals surface area contributed by atoms with Crippen LogP contribution in [0.5, 0.6) is 0 Å². The zero-order valence-corrected chi connectivity index (χ0v) is 12.2. The lowest BCUT2D eigenvalue weighted by Gasteiger charge is -2.25. The molecule has 1 aromatic carbocycles. The molecule has 2 amide bonds. The van der Waals surface area contributed by atoms with Gasteiger partial charge in [0, 0.05) is 0 Å². The van der Waals surface area contributed by atoms with Crippen molar-refractivity contribution in [1.82, 2.24) is 4.90 Å². The minimum atomic E-state index is -2.10. The van der Waals surface area contributed by atoms with E-state index in [-0.39, 0.29) is 6.42 Å². The number of cyclic esters (lactones) is 1. The highest BCUT2D eigenvalue weighted by atomic mass is 35.6. The summed E-state index contributed by atoms with van der Waals surface area (Å²) in [6.45, 7) is 0. The third kappa shape index (κ3) is 3.06. The lowest BCUT2D eigenvalue weighted by atomic mass is 10.1. The van der Waals surface area contributed by atoms with Crippen LogP contribution >= 0.6 is 34.8 Å². The molecule has 5 nitrogen and oxygen atoms in total. The average molecular weight is 337 g/mol. The molecule has 1 atom stereocenters. The number of imide groups is 1. The first-order valence-electron chi connectivity index (χ1n) is 5.48. The Bertz CT molecular complexity index is 556. The summed E-state index contributed by atoms with van der Waals surface area (Å²) >= 11 is 16.9. The number of alkyl halides is 3. The van der Waals surface area contributed by atoms with E-state index < -0.39 is 27.8 Å². The smallest absolute Gasteiger partial charge is 0.399 e. The maximum Gasteiger partial charge on any atom is 0.399 e. The standard InChI is InChI=1S/C12H8Cl3NO4/c13-12(14,15)11-16(9(18)10(19)20-11)8(17)6-7-4-2-1-3-5-7/h1-5,11H,6H2. The van der Waals surface area contributed by atoms with E-state index in [2.05, 4.69) is 4.74 Å². The molecule has 0 spiro atoms. The predicted octanol–water partition coefficient (Wildman–Crippen LogP) is 1.84. The number of hydrogen-bond donors (Lipinski definition) is 0.